The van der Waals surface area contributed by atoms with Crippen molar-refractivity contribution in [2.24, 2.45) is 0 Å². The van der Waals surface area contributed by atoms with Gasteiger partial charge in [-0.2, -0.15) is 0 Å². The lowest BCUT2D eigenvalue weighted by molar-refractivity contribution is -0.140. The Morgan fingerprint density at radius 2 is 1.97 bits per heavy atom. The summed E-state index contributed by atoms with van der Waals surface area (Å²) in [5, 5.41) is 0. The third-order valence-corrected chi connectivity index (χ3v) is 4.30. The van der Waals surface area contributed by atoms with Crippen LogP contribution in [0.2, 0.25) is 0 Å². The fourth-order valence-electron chi connectivity index (χ4n) is 2.78. The van der Waals surface area contributed by atoms with Gasteiger partial charge in [-0.25, -0.2) is 13.8 Å². The summed E-state index contributed by atoms with van der Waals surface area (Å²) in [6.45, 7) is -0.217. The number of aromatic nitrogens is 2. The predicted octanol–water partition coefficient (Wildman–Crippen LogP) is 2.18. The van der Waals surface area contributed by atoms with E-state index in [4.69, 9.17) is 0 Å². The van der Waals surface area contributed by atoms with Crippen molar-refractivity contribution >= 4 is 17.5 Å². The number of methoxy groups -OCH3 is 1. The van der Waals surface area contributed by atoms with Gasteiger partial charge in [0, 0.05) is 25.5 Å². The molecule has 0 saturated heterocycles. The van der Waals surface area contributed by atoms with Crippen LogP contribution < -0.4 is 5.56 Å². The number of hydrogen-bond acceptors (Lipinski definition) is 5. The summed E-state index contributed by atoms with van der Waals surface area (Å²) in [5.41, 5.74) is -0.109. The predicted molar refractivity (Wildman–Crippen MR) is 99.2 cm³/mol. The zero-order chi connectivity index (χ0) is 21.0. The molecular weight excluding hydrogens is 384 g/mol. The number of hydrogen-bond donors (Lipinski definition) is 0. The first kappa shape index (κ1) is 20.1. The fourth-order valence-corrected chi connectivity index (χ4v) is 2.78. The average molecular weight is 401 g/mol. The second-order valence-corrected chi connectivity index (χ2v) is 6.21. The molecule has 0 aliphatic rings. The number of amides is 1. The van der Waals surface area contributed by atoms with Crippen LogP contribution in [-0.4, -0.2) is 39.8 Å². The van der Waals surface area contributed by atoms with Crippen molar-refractivity contribution in [2.45, 2.75) is 13.0 Å². The zero-order valence-electron chi connectivity index (χ0n) is 15.5. The Bertz CT molecular complexity index is 1130. The Balaban J connectivity index is 1.95. The van der Waals surface area contributed by atoms with Gasteiger partial charge >= 0.3 is 5.97 Å². The number of nitrogens with zero attached hydrogens (tertiary/aromatic N) is 3. The van der Waals surface area contributed by atoms with Gasteiger partial charge in [0.25, 0.3) is 11.5 Å². The Kier molecular flexibility index (Phi) is 5.96. The molecule has 7 nitrogen and oxygen atoms in total. The Hall–Kier alpha value is -3.62. The molecule has 0 spiro atoms. The summed E-state index contributed by atoms with van der Waals surface area (Å²) >= 11 is 0. The van der Waals surface area contributed by atoms with Crippen LogP contribution in [-0.2, 0) is 16.1 Å². The van der Waals surface area contributed by atoms with Crippen LogP contribution in [0.5, 0.6) is 0 Å². The lowest BCUT2D eigenvalue weighted by atomic mass is 10.1. The third kappa shape index (κ3) is 4.45. The molecule has 0 unspecified atom stereocenters. The van der Waals surface area contributed by atoms with Crippen LogP contribution in [0, 0.1) is 11.6 Å². The van der Waals surface area contributed by atoms with E-state index in [0.29, 0.717) is 11.2 Å². The minimum absolute atomic E-state index is 0.0819. The van der Waals surface area contributed by atoms with Crippen molar-refractivity contribution in [2.75, 3.05) is 13.7 Å². The minimum atomic E-state index is -1.06. The number of fused-ring (bicyclic) bond motifs is 1. The van der Waals surface area contributed by atoms with Gasteiger partial charge in [0.05, 0.1) is 13.5 Å². The van der Waals surface area contributed by atoms with E-state index in [9.17, 15) is 23.2 Å². The maximum absolute atomic E-state index is 13.5. The molecule has 0 N–H and O–H groups in total. The SMILES string of the molecule is COC(=O)CCN(Cc1ccc(F)c(F)c1)C(=O)c1cnc2ccccn2c1=O. The Morgan fingerprint density at radius 3 is 2.69 bits per heavy atom. The zero-order valence-corrected chi connectivity index (χ0v) is 15.5. The molecule has 2 aromatic heterocycles. The molecule has 0 atom stereocenters. The Morgan fingerprint density at radius 1 is 1.17 bits per heavy atom. The van der Waals surface area contributed by atoms with E-state index >= 15 is 0 Å². The highest BCUT2D eigenvalue weighted by Crippen LogP contribution is 2.13. The van der Waals surface area contributed by atoms with Crippen LogP contribution in [0.3, 0.4) is 0 Å². The van der Waals surface area contributed by atoms with Gasteiger partial charge in [0.2, 0.25) is 0 Å². The molecule has 0 radical (unpaired) electrons. The maximum atomic E-state index is 13.5. The number of pyridine rings is 1. The monoisotopic (exact) mass is 401 g/mol. The highest BCUT2D eigenvalue weighted by atomic mass is 19.2. The van der Waals surface area contributed by atoms with Crippen LogP contribution in [0.15, 0.2) is 53.6 Å². The first-order valence-corrected chi connectivity index (χ1v) is 8.67. The summed E-state index contributed by atoms with van der Waals surface area (Å²) in [6, 6.07) is 8.17. The minimum Gasteiger partial charge on any atom is -0.469 e. The van der Waals surface area contributed by atoms with Crippen LogP contribution in [0.1, 0.15) is 22.3 Å². The molecule has 3 rings (SSSR count). The molecule has 29 heavy (non-hydrogen) atoms. The fraction of sp³-hybridized carbons (Fsp3) is 0.200. The smallest absolute Gasteiger partial charge is 0.307 e. The van der Waals surface area contributed by atoms with Crippen LogP contribution in [0.25, 0.3) is 5.65 Å². The normalized spacial score (nSPS) is 10.7. The van der Waals surface area contributed by atoms with Crippen molar-refractivity contribution in [1.82, 2.24) is 14.3 Å². The van der Waals surface area contributed by atoms with E-state index in [2.05, 4.69) is 9.72 Å². The van der Waals surface area contributed by atoms with Crippen LogP contribution in [0.4, 0.5) is 8.78 Å². The van der Waals surface area contributed by atoms with Crippen LogP contribution >= 0.6 is 0 Å². The molecule has 150 valence electrons. The van der Waals surface area contributed by atoms with E-state index in [-0.39, 0.29) is 25.1 Å². The number of carbonyl (C=O) groups excluding carboxylic acids is 2. The largest absolute Gasteiger partial charge is 0.469 e. The van der Waals surface area contributed by atoms with Gasteiger partial charge in [0.1, 0.15) is 11.2 Å². The molecule has 3 aromatic rings. The summed E-state index contributed by atoms with van der Waals surface area (Å²) in [6.07, 6.45) is 2.51. The van der Waals surface area contributed by atoms with E-state index in [0.717, 1.165) is 18.3 Å². The molecular formula is C20H17F2N3O4. The highest BCUT2D eigenvalue weighted by molar-refractivity contribution is 5.94. The molecule has 2 heterocycles. The molecule has 0 bridgehead atoms. The second-order valence-electron chi connectivity index (χ2n) is 6.21. The lowest BCUT2D eigenvalue weighted by Gasteiger charge is -2.22. The van der Waals surface area contributed by atoms with E-state index in [1.807, 2.05) is 0 Å². The van der Waals surface area contributed by atoms with Gasteiger partial charge in [0.15, 0.2) is 11.6 Å². The number of benzene rings is 1. The van der Waals surface area contributed by atoms with Crippen molar-refractivity contribution in [1.29, 1.82) is 0 Å². The first-order chi connectivity index (χ1) is 13.9. The van der Waals surface area contributed by atoms with E-state index < -0.39 is 29.1 Å². The molecule has 1 amide bonds. The number of ether oxygens (including phenoxy) is 1. The lowest BCUT2D eigenvalue weighted by Crippen LogP contribution is -2.37. The average Bonchev–Trinajstić information content (AvgIpc) is 2.73. The standard InChI is InChI=1S/C20H17F2N3O4/c1-29-18(26)7-9-24(12-13-5-6-15(21)16(22)10-13)19(27)14-11-23-17-4-2-3-8-25(17)20(14)28/h2-6,8,10-11H,7,9,12H2,1H3. The van der Waals surface area contributed by atoms with Gasteiger partial charge < -0.3 is 9.64 Å². The quantitative estimate of drug-likeness (QED) is 0.592. The highest BCUT2D eigenvalue weighted by Gasteiger charge is 2.22. The summed E-state index contributed by atoms with van der Waals surface area (Å²) in [5.74, 6) is -3.32. The van der Waals surface area contributed by atoms with Gasteiger partial charge in [-0.05, 0) is 29.8 Å². The molecule has 0 saturated carbocycles. The van der Waals surface area contributed by atoms with Gasteiger partial charge in [-0.15, -0.1) is 0 Å². The summed E-state index contributed by atoms with van der Waals surface area (Å²) in [4.78, 5) is 42.5. The molecule has 9 heteroatoms. The molecule has 0 aliphatic carbocycles. The van der Waals surface area contributed by atoms with E-state index in [1.165, 1.54) is 28.7 Å². The first-order valence-electron chi connectivity index (χ1n) is 8.67. The van der Waals surface area contributed by atoms with Gasteiger partial charge in [-0.1, -0.05) is 12.1 Å². The topological polar surface area (TPSA) is 81.0 Å². The van der Waals surface area contributed by atoms with E-state index in [1.54, 1.807) is 18.2 Å². The maximum Gasteiger partial charge on any atom is 0.307 e. The number of esters is 1. The number of rotatable bonds is 6. The molecule has 0 fully saturated rings. The third-order valence-electron chi connectivity index (χ3n) is 4.30. The molecule has 1 aromatic carbocycles. The second kappa shape index (κ2) is 8.59. The summed E-state index contributed by atoms with van der Waals surface area (Å²) in [7, 11) is 1.21. The van der Waals surface area contributed by atoms with Crippen molar-refractivity contribution in [3.63, 3.8) is 0 Å². The summed E-state index contributed by atoms with van der Waals surface area (Å²) < 4.78 is 32.5. The Labute approximate surface area is 164 Å². The number of carbonyl (C=O) groups is 2. The van der Waals surface area contributed by atoms with Crippen molar-refractivity contribution in [3.8, 4) is 0 Å². The van der Waals surface area contributed by atoms with Crippen molar-refractivity contribution < 1.29 is 23.1 Å². The van der Waals surface area contributed by atoms with Gasteiger partial charge in [-0.3, -0.25) is 18.8 Å². The van der Waals surface area contributed by atoms with Crippen molar-refractivity contribution in [3.05, 3.63) is 81.9 Å². The number of halogens is 2. The molecule has 0 aliphatic heterocycles.